The number of hydrogen-bond acceptors (Lipinski definition) is 3. The fourth-order valence-electron chi connectivity index (χ4n) is 3.31. The lowest BCUT2D eigenvalue weighted by Crippen LogP contribution is -2.30. The summed E-state index contributed by atoms with van der Waals surface area (Å²) in [5.41, 5.74) is 7.97. The monoisotopic (exact) mass is 276 g/mol. The molecule has 0 bridgehead atoms. The molecule has 0 spiro atoms. The van der Waals surface area contributed by atoms with Gasteiger partial charge in [-0.1, -0.05) is 19.9 Å². The van der Waals surface area contributed by atoms with Crippen LogP contribution in [0.15, 0.2) is 18.2 Å². The van der Waals surface area contributed by atoms with E-state index in [1.165, 1.54) is 19.3 Å². The lowest BCUT2D eigenvalue weighted by molar-refractivity contribution is 0.244. The van der Waals surface area contributed by atoms with Gasteiger partial charge in [-0.15, -0.1) is 0 Å². The summed E-state index contributed by atoms with van der Waals surface area (Å²) in [7, 11) is 0. The number of para-hydroxylation sites is 1. The van der Waals surface area contributed by atoms with Gasteiger partial charge < -0.3 is 15.8 Å². The summed E-state index contributed by atoms with van der Waals surface area (Å²) in [6.07, 6.45) is 3.92. The van der Waals surface area contributed by atoms with Gasteiger partial charge in [0, 0.05) is 6.04 Å². The predicted octanol–water partition coefficient (Wildman–Crippen LogP) is 4.29. The van der Waals surface area contributed by atoms with Crippen LogP contribution in [0.25, 0.3) is 0 Å². The number of nitrogens with one attached hydrogen (secondary N) is 1. The molecule has 1 aliphatic carbocycles. The van der Waals surface area contributed by atoms with Crippen LogP contribution in [0.2, 0.25) is 0 Å². The zero-order valence-corrected chi connectivity index (χ0v) is 13.1. The molecule has 2 atom stereocenters. The molecule has 3 N–H and O–H groups in total. The van der Waals surface area contributed by atoms with Crippen LogP contribution >= 0.6 is 0 Å². The van der Waals surface area contributed by atoms with Gasteiger partial charge in [0.05, 0.1) is 17.5 Å². The van der Waals surface area contributed by atoms with Gasteiger partial charge in [0.1, 0.15) is 5.75 Å². The summed E-state index contributed by atoms with van der Waals surface area (Å²) >= 11 is 0. The number of hydrogen-bond donors (Lipinski definition) is 2. The molecule has 0 aliphatic heterocycles. The van der Waals surface area contributed by atoms with Crippen molar-refractivity contribution in [1.82, 2.24) is 0 Å². The van der Waals surface area contributed by atoms with Crippen LogP contribution in [0.1, 0.15) is 47.0 Å². The maximum atomic E-state index is 6.23. The number of ether oxygens (including phenoxy) is 1. The Bertz CT molecular complexity index is 435. The van der Waals surface area contributed by atoms with E-state index in [9.17, 15) is 0 Å². The first kappa shape index (κ1) is 15.0. The molecule has 1 saturated carbocycles. The molecule has 0 heterocycles. The van der Waals surface area contributed by atoms with Crippen molar-refractivity contribution in [3.8, 4) is 5.75 Å². The Morgan fingerprint density at radius 3 is 2.40 bits per heavy atom. The van der Waals surface area contributed by atoms with Crippen molar-refractivity contribution in [1.29, 1.82) is 0 Å². The summed E-state index contributed by atoms with van der Waals surface area (Å²) in [5.74, 6) is 2.35. The van der Waals surface area contributed by atoms with Crippen molar-refractivity contribution >= 4 is 11.4 Å². The molecular weight excluding hydrogens is 248 g/mol. The van der Waals surface area contributed by atoms with Gasteiger partial charge >= 0.3 is 0 Å². The maximum absolute atomic E-state index is 6.23. The first-order valence-corrected chi connectivity index (χ1v) is 7.77. The molecule has 1 aromatic rings. The lowest BCUT2D eigenvalue weighted by Gasteiger charge is -2.33. The Balaban J connectivity index is 2.09. The van der Waals surface area contributed by atoms with E-state index in [-0.39, 0.29) is 6.10 Å². The molecule has 0 saturated heterocycles. The minimum atomic E-state index is 0.141. The van der Waals surface area contributed by atoms with Gasteiger partial charge in [0.15, 0.2) is 0 Å². The molecule has 0 radical (unpaired) electrons. The van der Waals surface area contributed by atoms with Crippen molar-refractivity contribution < 1.29 is 4.74 Å². The van der Waals surface area contributed by atoms with Crippen molar-refractivity contribution in [2.45, 2.75) is 59.1 Å². The van der Waals surface area contributed by atoms with Gasteiger partial charge in [0.25, 0.3) is 0 Å². The molecule has 1 aliphatic rings. The van der Waals surface area contributed by atoms with Crippen molar-refractivity contribution in [3.05, 3.63) is 18.2 Å². The minimum absolute atomic E-state index is 0.141. The average molecular weight is 276 g/mol. The highest BCUT2D eigenvalue weighted by atomic mass is 16.5. The standard InChI is InChI=1S/C17H28N2O/c1-11(2)20-16-7-5-6-15(17(16)18)19-14-9-12(3)8-13(4)10-14/h5-7,11-14,19H,8-10,18H2,1-4H3. The maximum Gasteiger partial charge on any atom is 0.144 e. The van der Waals surface area contributed by atoms with Crippen LogP contribution in [0, 0.1) is 11.8 Å². The van der Waals surface area contributed by atoms with Gasteiger partial charge in [-0.2, -0.15) is 0 Å². The Labute approximate surface area is 122 Å². The van der Waals surface area contributed by atoms with Crippen molar-refractivity contribution in [2.75, 3.05) is 11.1 Å². The number of anilines is 2. The van der Waals surface area contributed by atoms with Crippen LogP contribution in [-0.2, 0) is 0 Å². The topological polar surface area (TPSA) is 47.3 Å². The fourth-order valence-corrected chi connectivity index (χ4v) is 3.31. The molecule has 3 nitrogen and oxygen atoms in total. The highest BCUT2D eigenvalue weighted by Gasteiger charge is 2.24. The third-order valence-electron chi connectivity index (χ3n) is 3.97. The van der Waals surface area contributed by atoms with Gasteiger partial charge in [0.2, 0.25) is 0 Å². The predicted molar refractivity (Wildman–Crippen MR) is 86.2 cm³/mol. The van der Waals surface area contributed by atoms with E-state index in [0.29, 0.717) is 6.04 Å². The zero-order valence-electron chi connectivity index (χ0n) is 13.1. The van der Waals surface area contributed by atoms with Crippen LogP contribution in [0.5, 0.6) is 5.75 Å². The molecule has 112 valence electrons. The molecule has 2 unspecified atom stereocenters. The summed E-state index contributed by atoms with van der Waals surface area (Å²) in [4.78, 5) is 0. The quantitative estimate of drug-likeness (QED) is 0.806. The molecule has 20 heavy (non-hydrogen) atoms. The summed E-state index contributed by atoms with van der Waals surface area (Å²) < 4.78 is 5.75. The largest absolute Gasteiger partial charge is 0.489 e. The highest BCUT2D eigenvalue weighted by molar-refractivity contribution is 5.73. The van der Waals surface area contributed by atoms with E-state index in [4.69, 9.17) is 10.5 Å². The lowest BCUT2D eigenvalue weighted by atomic mass is 9.80. The zero-order chi connectivity index (χ0) is 14.7. The third kappa shape index (κ3) is 3.81. The molecule has 1 fully saturated rings. The number of benzene rings is 1. The summed E-state index contributed by atoms with van der Waals surface area (Å²) in [6.45, 7) is 8.71. The molecule has 1 aromatic carbocycles. The molecule has 2 rings (SSSR count). The van der Waals surface area contributed by atoms with Crippen molar-refractivity contribution in [3.63, 3.8) is 0 Å². The Hall–Kier alpha value is -1.38. The second kappa shape index (κ2) is 6.38. The van der Waals surface area contributed by atoms with Crippen molar-refractivity contribution in [2.24, 2.45) is 11.8 Å². The Kier molecular flexibility index (Phi) is 4.79. The SMILES string of the molecule is CC1CC(C)CC(Nc2cccc(OC(C)C)c2N)C1. The van der Waals surface area contributed by atoms with Crippen LogP contribution < -0.4 is 15.8 Å². The van der Waals surface area contributed by atoms with Gasteiger partial charge in [-0.25, -0.2) is 0 Å². The molecular formula is C17H28N2O. The second-order valence-corrected chi connectivity index (χ2v) is 6.64. The molecule has 0 aromatic heterocycles. The van der Waals surface area contributed by atoms with Gasteiger partial charge in [-0.3, -0.25) is 0 Å². The highest BCUT2D eigenvalue weighted by Crippen LogP contribution is 2.34. The van der Waals surface area contributed by atoms with E-state index >= 15 is 0 Å². The van der Waals surface area contributed by atoms with E-state index < -0.39 is 0 Å². The normalized spacial score (nSPS) is 26.6. The number of nitrogen functional groups attached to an aromatic ring is 1. The van der Waals surface area contributed by atoms with Gasteiger partial charge in [-0.05, 0) is 57.1 Å². The van der Waals surface area contributed by atoms with E-state index in [2.05, 4.69) is 19.2 Å². The molecule has 0 amide bonds. The minimum Gasteiger partial charge on any atom is -0.489 e. The van der Waals surface area contributed by atoms with E-state index in [1.807, 2.05) is 32.0 Å². The number of nitrogens with two attached hydrogens (primary N) is 1. The second-order valence-electron chi connectivity index (χ2n) is 6.64. The van der Waals surface area contributed by atoms with E-state index in [0.717, 1.165) is 29.0 Å². The first-order chi connectivity index (χ1) is 9.45. The fraction of sp³-hybridized carbons (Fsp3) is 0.647. The average Bonchev–Trinajstić information content (AvgIpc) is 2.32. The van der Waals surface area contributed by atoms with Crippen LogP contribution in [-0.4, -0.2) is 12.1 Å². The van der Waals surface area contributed by atoms with Crippen LogP contribution in [0.3, 0.4) is 0 Å². The Morgan fingerprint density at radius 2 is 1.80 bits per heavy atom. The Morgan fingerprint density at radius 1 is 1.15 bits per heavy atom. The smallest absolute Gasteiger partial charge is 0.144 e. The third-order valence-corrected chi connectivity index (χ3v) is 3.97. The number of rotatable bonds is 4. The summed E-state index contributed by atoms with van der Waals surface area (Å²) in [6, 6.07) is 6.51. The summed E-state index contributed by atoms with van der Waals surface area (Å²) in [5, 5.41) is 3.62. The first-order valence-electron chi connectivity index (χ1n) is 7.77. The van der Waals surface area contributed by atoms with Crippen LogP contribution in [0.4, 0.5) is 11.4 Å². The van der Waals surface area contributed by atoms with E-state index in [1.54, 1.807) is 0 Å². The molecule has 3 heteroatoms.